The SMILES string of the molecule is COC(=O)c1cc2ccccc2c(-c2c(P(=O)(c3ccccc3)c3ccccc3)ccc3ccccc23)c1OC(=O)c1ccccc1. The predicted octanol–water partition coefficient (Wildman–Crippen LogP) is 8.31. The highest BCUT2D eigenvalue weighted by molar-refractivity contribution is 7.85. The minimum Gasteiger partial charge on any atom is -0.465 e. The molecular formula is C41H29O5P. The molecular weight excluding hydrogens is 603 g/mol. The minimum atomic E-state index is -3.58. The van der Waals surface area contributed by atoms with Crippen molar-refractivity contribution in [2.75, 3.05) is 7.11 Å². The Morgan fingerprint density at radius 3 is 1.64 bits per heavy atom. The Labute approximate surface area is 272 Å². The molecule has 0 aliphatic carbocycles. The van der Waals surface area contributed by atoms with Crippen LogP contribution in [0.3, 0.4) is 0 Å². The fourth-order valence-electron chi connectivity index (χ4n) is 6.16. The molecule has 0 saturated carbocycles. The molecule has 0 N–H and O–H groups in total. The second kappa shape index (κ2) is 12.6. The van der Waals surface area contributed by atoms with E-state index in [0.29, 0.717) is 32.6 Å². The smallest absolute Gasteiger partial charge is 0.343 e. The Hall–Kier alpha value is -5.77. The monoisotopic (exact) mass is 632 g/mol. The van der Waals surface area contributed by atoms with Gasteiger partial charge in [0, 0.05) is 27.0 Å². The number of benzene rings is 7. The van der Waals surface area contributed by atoms with Crippen LogP contribution in [0.2, 0.25) is 0 Å². The summed E-state index contributed by atoms with van der Waals surface area (Å²) in [6.07, 6.45) is 0. The van der Waals surface area contributed by atoms with E-state index in [9.17, 15) is 9.59 Å². The first kappa shape index (κ1) is 29.9. The highest BCUT2D eigenvalue weighted by Gasteiger charge is 2.35. The van der Waals surface area contributed by atoms with E-state index in [1.165, 1.54) is 7.11 Å². The Morgan fingerprint density at radius 1 is 0.532 bits per heavy atom. The van der Waals surface area contributed by atoms with Gasteiger partial charge in [-0.05, 0) is 45.8 Å². The van der Waals surface area contributed by atoms with Gasteiger partial charge in [0.05, 0.1) is 12.7 Å². The summed E-state index contributed by atoms with van der Waals surface area (Å²) in [5.74, 6) is -1.26. The first-order valence-electron chi connectivity index (χ1n) is 15.2. The lowest BCUT2D eigenvalue weighted by Gasteiger charge is -2.26. The van der Waals surface area contributed by atoms with Crippen LogP contribution in [0.4, 0.5) is 0 Å². The van der Waals surface area contributed by atoms with Gasteiger partial charge < -0.3 is 14.0 Å². The van der Waals surface area contributed by atoms with Crippen molar-refractivity contribution in [3.05, 3.63) is 169 Å². The summed E-state index contributed by atoms with van der Waals surface area (Å²) < 4.78 is 27.5. The van der Waals surface area contributed by atoms with Crippen LogP contribution >= 0.6 is 7.14 Å². The molecule has 0 heterocycles. The number of rotatable bonds is 7. The Balaban J connectivity index is 1.66. The molecule has 0 bridgehead atoms. The lowest BCUT2D eigenvalue weighted by Crippen LogP contribution is -2.27. The molecule has 228 valence electrons. The number of ether oxygens (including phenoxy) is 2. The van der Waals surface area contributed by atoms with E-state index in [-0.39, 0.29) is 11.3 Å². The van der Waals surface area contributed by atoms with Crippen molar-refractivity contribution in [1.29, 1.82) is 0 Å². The zero-order valence-electron chi connectivity index (χ0n) is 25.5. The summed E-state index contributed by atoms with van der Waals surface area (Å²) >= 11 is 0. The van der Waals surface area contributed by atoms with Crippen LogP contribution in [-0.4, -0.2) is 19.0 Å². The molecule has 0 atom stereocenters. The normalized spacial score (nSPS) is 11.3. The summed E-state index contributed by atoms with van der Waals surface area (Å²) in [6.45, 7) is 0. The summed E-state index contributed by atoms with van der Waals surface area (Å²) in [6, 6.07) is 48.4. The number of carbonyl (C=O) groups excluding carboxylic acids is 2. The van der Waals surface area contributed by atoms with Gasteiger partial charge in [0.25, 0.3) is 0 Å². The molecule has 0 amide bonds. The van der Waals surface area contributed by atoms with Gasteiger partial charge in [-0.3, -0.25) is 0 Å². The van der Waals surface area contributed by atoms with Crippen molar-refractivity contribution in [3.8, 4) is 16.9 Å². The number of esters is 2. The van der Waals surface area contributed by atoms with Gasteiger partial charge in [-0.15, -0.1) is 0 Å². The van der Waals surface area contributed by atoms with Gasteiger partial charge in [-0.1, -0.05) is 133 Å². The maximum absolute atomic E-state index is 16.0. The number of hydrogen-bond acceptors (Lipinski definition) is 5. The molecule has 7 aromatic carbocycles. The second-order valence-electron chi connectivity index (χ2n) is 11.1. The first-order valence-corrected chi connectivity index (χ1v) is 16.9. The molecule has 0 spiro atoms. The summed E-state index contributed by atoms with van der Waals surface area (Å²) in [5, 5.41) is 5.00. The van der Waals surface area contributed by atoms with Crippen LogP contribution < -0.4 is 20.7 Å². The molecule has 0 aromatic heterocycles. The summed E-state index contributed by atoms with van der Waals surface area (Å²) in [4.78, 5) is 27.3. The molecule has 0 aliphatic heterocycles. The summed E-state index contributed by atoms with van der Waals surface area (Å²) in [5.41, 5.74) is 1.49. The van der Waals surface area contributed by atoms with Gasteiger partial charge in [-0.2, -0.15) is 0 Å². The van der Waals surface area contributed by atoms with E-state index in [1.807, 2.05) is 127 Å². The average Bonchev–Trinajstić information content (AvgIpc) is 3.14. The molecule has 0 aliphatic rings. The topological polar surface area (TPSA) is 69.7 Å². The fourth-order valence-corrected chi connectivity index (χ4v) is 9.03. The van der Waals surface area contributed by atoms with E-state index in [2.05, 4.69) is 0 Å². The van der Waals surface area contributed by atoms with Gasteiger partial charge in [0.2, 0.25) is 0 Å². The van der Waals surface area contributed by atoms with E-state index >= 15 is 4.57 Å². The first-order chi connectivity index (χ1) is 23.0. The van der Waals surface area contributed by atoms with E-state index in [0.717, 1.165) is 21.5 Å². The number of fused-ring (bicyclic) bond motifs is 2. The predicted molar refractivity (Wildman–Crippen MR) is 189 cm³/mol. The van der Waals surface area contributed by atoms with Crippen molar-refractivity contribution in [1.82, 2.24) is 0 Å². The van der Waals surface area contributed by atoms with Crippen LogP contribution in [0.15, 0.2) is 158 Å². The third-order valence-corrected chi connectivity index (χ3v) is 11.4. The number of hydrogen-bond donors (Lipinski definition) is 0. The highest BCUT2D eigenvalue weighted by Crippen LogP contribution is 2.50. The minimum absolute atomic E-state index is 0.0367. The lowest BCUT2D eigenvalue weighted by molar-refractivity contribution is 0.0593. The second-order valence-corrected chi connectivity index (χ2v) is 13.8. The molecule has 0 saturated heterocycles. The molecule has 47 heavy (non-hydrogen) atoms. The van der Waals surface area contributed by atoms with Crippen molar-refractivity contribution in [3.63, 3.8) is 0 Å². The Kier molecular flexibility index (Phi) is 7.99. The van der Waals surface area contributed by atoms with Crippen LogP contribution in [0.25, 0.3) is 32.7 Å². The molecule has 0 fully saturated rings. The van der Waals surface area contributed by atoms with Crippen molar-refractivity contribution in [2.24, 2.45) is 0 Å². The van der Waals surface area contributed by atoms with Gasteiger partial charge in [0.1, 0.15) is 5.56 Å². The molecule has 7 rings (SSSR count). The molecule has 7 aromatic rings. The van der Waals surface area contributed by atoms with Crippen molar-refractivity contribution < 1.29 is 23.6 Å². The van der Waals surface area contributed by atoms with E-state index < -0.39 is 19.1 Å². The zero-order valence-corrected chi connectivity index (χ0v) is 26.4. The molecule has 6 heteroatoms. The van der Waals surface area contributed by atoms with E-state index in [4.69, 9.17) is 9.47 Å². The van der Waals surface area contributed by atoms with Crippen LogP contribution in [0.1, 0.15) is 20.7 Å². The quantitative estimate of drug-likeness (QED) is 0.100. The van der Waals surface area contributed by atoms with Crippen LogP contribution in [-0.2, 0) is 9.30 Å². The van der Waals surface area contributed by atoms with Crippen LogP contribution in [0, 0.1) is 0 Å². The summed E-state index contributed by atoms with van der Waals surface area (Å²) in [7, 11) is -2.28. The lowest BCUT2D eigenvalue weighted by atomic mass is 9.90. The van der Waals surface area contributed by atoms with Gasteiger partial charge in [-0.25, -0.2) is 9.59 Å². The number of carbonyl (C=O) groups is 2. The van der Waals surface area contributed by atoms with Crippen LogP contribution in [0.5, 0.6) is 5.75 Å². The fraction of sp³-hybridized carbons (Fsp3) is 0.0244. The van der Waals surface area contributed by atoms with Gasteiger partial charge in [0.15, 0.2) is 12.9 Å². The Bertz CT molecular complexity index is 2270. The molecule has 0 radical (unpaired) electrons. The average molecular weight is 633 g/mol. The molecule has 0 unspecified atom stereocenters. The van der Waals surface area contributed by atoms with E-state index in [1.54, 1.807) is 30.3 Å². The van der Waals surface area contributed by atoms with Gasteiger partial charge >= 0.3 is 11.9 Å². The molecule has 5 nitrogen and oxygen atoms in total. The maximum atomic E-state index is 16.0. The van der Waals surface area contributed by atoms with Crippen molar-refractivity contribution in [2.45, 2.75) is 0 Å². The zero-order chi connectivity index (χ0) is 32.4. The largest absolute Gasteiger partial charge is 0.465 e. The maximum Gasteiger partial charge on any atom is 0.343 e. The highest BCUT2D eigenvalue weighted by atomic mass is 31.2. The standard InChI is InChI=1S/C41H29O5P/c1-45-41(43)35-27-30-18-12-14-24-34(30)38(39(35)46-40(42)29-16-5-2-6-17-29)37-33-23-13-11-15-28(33)25-26-36(37)47(44,31-19-7-3-8-20-31)32-21-9-4-10-22-32/h2-27H,1H3. The number of methoxy groups -OCH3 is 1. The third kappa shape index (κ3) is 5.31. The van der Waals surface area contributed by atoms with Crippen molar-refractivity contribution >= 4 is 56.5 Å². The Morgan fingerprint density at radius 2 is 1.04 bits per heavy atom. The third-order valence-electron chi connectivity index (χ3n) is 8.35.